The highest BCUT2D eigenvalue weighted by molar-refractivity contribution is 8.04. The van der Waals surface area contributed by atoms with Crippen molar-refractivity contribution < 1.29 is 13.6 Å². The fourth-order valence-electron chi connectivity index (χ4n) is 2.41. The van der Waals surface area contributed by atoms with Gasteiger partial charge in [-0.15, -0.1) is 11.8 Å². The van der Waals surface area contributed by atoms with Crippen LogP contribution in [-0.4, -0.2) is 24.5 Å². The lowest BCUT2D eigenvalue weighted by atomic mass is 10.1. The van der Waals surface area contributed by atoms with Crippen LogP contribution in [-0.2, 0) is 13.6 Å². The van der Waals surface area contributed by atoms with E-state index in [-0.39, 0.29) is 0 Å². The van der Waals surface area contributed by atoms with Gasteiger partial charge >= 0.3 is 7.60 Å². The molecule has 152 valence electrons. The summed E-state index contributed by atoms with van der Waals surface area (Å²) < 4.78 is 22.9. The molecule has 0 fully saturated rings. The highest BCUT2D eigenvalue weighted by atomic mass is 32.2. The molecule has 5 heteroatoms. The topological polar surface area (TPSA) is 35.5 Å². The van der Waals surface area contributed by atoms with E-state index >= 15 is 0 Å². The van der Waals surface area contributed by atoms with Crippen LogP contribution in [0.1, 0.15) is 73.6 Å². The normalized spacial score (nSPS) is 13.2. The maximum absolute atomic E-state index is 12.3. The minimum Gasteiger partial charge on any atom is -0.308 e. The minimum atomic E-state index is -2.90. The fraction of sp³-hybridized carbons (Fsp3) is 0.714. The molecular weight excluding hydrogens is 363 g/mol. The van der Waals surface area contributed by atoms with Crippen LogP contribution in [0.5, 0.6) is 0 Å². The molecule has 0 aliphatic rings. The summed E-state index contributed by atoms with van der Waals surface area (Å²) in [5.74, 6) is 0.944. The molecule has 0 heterocycles. The average molecular weight is 403 g/mol. The molecule has 0 spiro atoms. The Morgan fingerprint density at radius 2 is 1.35 bits per heavy atom. The van der Waals surface area contributed by atoms with E-state index in [2.05, 4.69) is 45.9 Å². The first-order valence-corrected chi connectivity index (χ1v) is 12.6. The molecule has 3 nitrogen and oxygen atoms in total. The largest absolute Gasteiger partial charge is 0.340 e. The van der Waals surface area contributed by atoms with Crippen LogP contribution >= 0.6 is 19.4 Å². The van der Waals surface area contributed by atoms with Crippen LogP contribution in [0.15, 0.2) is 34.9 Å². The molecule has 0 aromatic carbocycles. The van der Waals surface area contributed by atoms with Gasteiger partial charge < -0.3 is 9.05 Å². The van der Waals surface area contributed by atoms with Gasteiger partial charge in [0.1, 0.15) is 0 Å². The predicted molar refractivity (Wildman–Crippen MR) is 118 cm³/mol. The quantitative estimate of drug-likeness (QED) is 0.159. The Balaban J connectivity index is 4.00. The summed E-state index contributed by atoms with van der Waals surface area (Å²) in [6, 6.07) is 0. The van der Waals surface area contributed by atoms with Crippen molar-refractivity contribution in [3.05, 3.63) is 34.9 Å². The smallest absolute Gasteiger partial charge is 0.308 e. The van der Waals surface area contributed by atoms with Crippen LogP contribution < -0.4 is 0 Å². The molecule has 0 aromatic rings. The van der Waals surface area contributed by atoms with Gasteiger partial charge in [-0.05, 0) is 79.4 Å². The molecule has 0 saturated carbocycles. The molecule has 0 amide bonds. The fourth-order valence-corrected chi connectivity index (χ4v) is 5.56. The van der Waals surface area contributed by atoms with Gasteiger partial charge in [-0.2, -0.15) is 0 Å². The molecule has 0 atom stereocenters. The van der Waals surface area contributed by atoms with Gasteiger partial charge in [0.2, 0.25) is 0 Å². The second kappa shape index (κ2) is 15.7. The number of hydrogen-bond acceptors (Lipinski definition) is 4. The third kappa shape index (κ3) is 14.8. The van der Waals surface area contributed by atoms with Crippen LogP contribution in [0.2, 0.25) is 0 Å². The average Bonchev–Trinajstić information content (AvgIpc) is 2.54. The molecule has 0 aliphatic carbocycles. The van der Waals surface area contributed by atoms with Gasteiger partial charge in [-0.3, -0.25) is 4.57 Å². The van der Waals surface area contributed by atoms with Crippen molar-refractivity contribution in [1.29, 1.82) is 0 Å². The highest BCUT2D eigenvalue weighted by Crippen LogP contribution is 2.50. The second-order valence-corrected chi connectivity index (χ2v) is 10.3. The molecule has 0 aliphatic heterocycles. The minimum absolute atomic E-state index is 0.429. The van der Waals surface area contributed by atoms with E-state index in [9.17, 15) is 4.57 Å². The number of rotatable bonds is 15. The highest BCUT2D eigenvalue weighted by Gasteiger charge is 2.22. The van der Waals surface area contributed by atoms with E-state index in [4.69, 9.17) is 9.05 Å². The molecule has 0 unspecified atom stereocenters. The third-order valence-electron chi connectivity index (χ3n) is 3.78. The van der Waals surface area contributed by atoms with E-state index in [1.54, 1.807) is 11.8 Å². The zero-order chi connectivity index (χ0) is 19.8. The SMILES string of the molecule is CCOP(=O)(CSCC/C=C(\C)CC/C=C(\C)CCC=C(C)C)OCC. The molecular formula is C21H39O3PS. The standard InChI is InChI=1S/C21H39O3PS/c1-7-23-25(22,24-8-2)18-26-17-11-16-21(6)15-10-14-20(5)13-9-12-19(3)4/h12,14,16H,7-11,13,15,17-18H2,1-6H3/b20-14+,21-16+. The van der Waals surface area contributed by atoms with Crippen molar-refractivity contribution in [2.75, 3.05) is 24.5 Å². The molecule has 0 radical (unpaired) electrons. The van der Waals surface area contributed by atoms with Gasteiger partial charge in [0.25, 0.3) is 0 Å². The first-order chi connectivity index (χ1) is 12.3. The number of allylic oxidation sites excluding steroid dienone is 6. The van der Waals surface area contributed by atoms with Crippen molar-refractivity contribution in [3.8, 4) is 0 Å². The van der Waals surface area contributed by atoms with Crippen molar-refractivity contribution in [2.45, 2.75) is 73.6 Å². The molecule has 0 saturated heterocycles. The summed E-state index contributed by atoms with van der Waals surface area (Å²) >= 11 is 1.65. The Morgan fingerprint density at radius 3 is 1.85 bits per heavy atom. The Hall–Kier alpha value is -0.280. The van der Waals surface area contributed by atoms with Gasteiger partial charge in [0.05, 0.1) is 18.7 Å². The first-order valence-electron chi connectivity index (χ1n) is 9.73. The van der Waals surface area contributed by atoms with E-state index in [1.165, 1.54) is 16.7 Å². The lowest BCUT2D eigenvalue weighted by molar-refractivity contribution is 0.224. The third-order valence-corrected chi connectivity index (χ3v) is 7.60. The zero-order valence-corrected chi connectivity index (χ0v) is 19.4. The van der Waals surface area contributed by atoms with Gasteiger partial charge in [0, 0.05) is 0 Å². The van der Waals surface area contributed by atoms with Crippen LogP contribution in [0.4, 0.5) is 0 Å². The maximum atomic E-state index is 12.3. The Labute approximate surface area is 166 Å². The Morgan fingerprint density at radius 1 is 0.846 bits per heavy atom. The van der Waals surface area contributed by atoms with Crippen molar-refractivity contribution in [1.82, 2.24) is 0 Å². The molecule has 0 N–H and O–H groups in total. The Kier molecular flexibility index (Phi) is 15.6. The lowest BCUT2D eigenvalue weighted by Crippen LogP contribution is -1.98. The summed E-state index contributed by atoms with van der Waals surface area (Å²) in [5.41, 5.74) is 4.74. The van der Waals surface area contributed by atoms with Gasteiger partial charge in [0.15, 0.2) is 0 Å². The summed E-state index contributed by atoms with van der Waals surface area (Å²) in [4.78, 5) is 0. The molecule has 0 bridgehead atoms. The van der Waals surface area contributed by atoms with Crippen LogP contribution in [0.25, 0.3) is 0 Å². The molecule has 0 aromatic heterocycles. The first kappa shape index (κ1) is 25.7. The maximum Gasteiger partial charge on any atom is 0.340 e. The van der Waals surface area contributed by atoms with E-state index in [0.717, 1.165) is 37.9 Å². The molecule has 26 heavy (non-hydrogen) atoms. The van der Waals surface area contributed by atoms with Gasteiger partial charge in [-0.1, -0.05) is 34.9 Å². The zero-order valence-electron chi connectivity index (χ0n) is 17.7. The summed E-state index contributed by atoms with van der Waals surface area (Å²) in [6.45, 7) is 13.3. The van der Waals surface area contributed by atoms with E-state index in [1.807, 2.05) is 13.8 Å². The van der Waals surface area contributed by atoms with Crippen LogP contribution in [0, 0.1) is 0 Å². The van der Waals surface area contributed by atoms with Crippen molar-refractivity contribution in [3.63, 3.8) is 0 Å². The summed E-state index contributed by atoms with van der Waals surface area (Å²) in [7, 11) is -2.90. The molecule has 0 rings (SSSR count). The van der Waals surface area contributed by atoms with E-state index in [0.29, 0.717) is 18.7 Å². The number of thioether (sulfide) groups is 1. The van der Waals surface area contributed by atoms with Crippen molar-refractivity contribution >= 4 is 19.4 Å². The Bertz CT molecular complexity index is 495. The lowest BCUT2D eigenvalue weighted by Gasteiger charge is -2.16. The summed E-state index contributed by atoms with van der Waals surface area (Å²) in [5, 5.41) is 0. The van der Waals surface area contributed by atoms with Crippen LogP contribution in [0.3, 0.4) is 0 Å². The monoisotopic (exact) mass is 402 g/mol. The van der Waals surface area contributed by atoms with E-state index < -0.39 is 7.60 Å². The van der Waals surface area contributed by atoms with Crippen molar-refractivity contribution in [2.24, 2.45) is 0 Å². The van der Waals surface area contributed by atoms with Gasteiger partial charge in [-0.25, -0.2) is 0 Å². The second-order valence-electron chi connectivity index (χ2n) is 6.73. The summed E-state index contributed by atoms with van der Waals surface area (Å²) in [6.07, 6.45) is 12.5. The predicted octanol–water partition coefficient (Wildman–Crippen LogP) is 7.75. The number of hydrogen-bond donors (Lipinski definition) is 0.